The molecule has 0 aliphatic carbocycles. The van der Waals surface area contributed by atoms with Crippen LogP contribution < -0.4 is 0 Å². The molecule has 0 unspecified atom stereocenters. The molecule has 0 amide bonds. The summed E-state index contributed by atoms with van der Waals surface area (Å²) in [5.41, 5.74) is 0.210. The first-order chi connectivity index (χ1) is 6.54. The summed E-state index contributed by atoms with van der Waals surface area (Å²) in [5.74, 6) is -0.484. The van der Waals surface area contributed by atoms with Gasteiger partial charge in [-0.05, 0) is 0 Å². The van der Waals surface area contributed by atoms with E-state index < -0.39 is 5.97 Å². The van der Waals surface area contributed by atoms with E-state index in [0.717, 1.165) is 4.34 Å². The Balaban J connectivity index is 2.87. The highest BCUT2D eigenvalue weighted by atomic mass is 35.5. The molecule has 1 rings (SSSR count). The molecular weight excluding hydrogens is 242 g/mol. The Morgan fingerprint density at radius 2 is 2.29 bits per heavy atom. The van der Waals surface area contributed by atoms with Crippen molar-refractivity contribution in [2.45, 2.75) is 23.4 Å². The Morgan fingerprint density at radius 3 is 2.79 bits per heavy atom. The van der Waals surface area contributed by atoms with Crippen LogP contribution in [0.15, 0.2) is 4.34 Å². The van der Waals surface area contributed by atoms with Crippen LogP contribution in [0.2, 0.25) is 4.34 Å². The lowest BCUT2D eigenvalue weighted by atomic mass is 10.5. The number of aromatic nitrogens is 1. The second-order valence-electron chi connectivity index (χ2n) is 2.76. The lowest BCUT2D eigenvalue weighted by Gasteiger charge is -1.97. The van der Waals surface area contributed by atoms with Crippen LogP contribution in [0.25, 0.3) is 0 Å². The molecule has 0 saturated heterocycles. The van der Waals surface area contributed by atoms with Gasteiger partial charge in [0.1, 0.15) is 4.34 Å². The number of rotatable bonds is 3. The zero-order chi connectivity index (χ0) is 10.7. The zero-order valence-corrected chi connectivity index (χ0v) is 10.4. The van der Waals surface area contributed by atoms with Gasteiger partial charge in [-0.2, -0.15) is 0 Å². The van der Waals surface area contributed by atoms with Crippen molar-refractivity contribution in [2.75, 3.05) is 7.11 Å². The van der Waals surface area contributed by atoms with Gasteiger partial charge in [0, 0.05) is 5.25 Å². The molecule has 0 saturated carbocycles. The van der Waals surface area contributed by atoms with Crippen LogP contribution in [0.5, 0.6) is 0 Å². The molecule has 0 bridgehead atoms. The van der Waals surface area contributed by atoms with Crippen molar-refractivity contribution >= 4 is 40.7 Å². The number of thiazole rings is 1. The molecule has 0 aliphatic heterocycles. The standard InChI is InChI=1S/C8H10ClNO2S2/c1-4(2)13-8-10-5(6(9)14-8)7(11)12-3/h4H,1-3H3. The minimum Gasteiger partial charge on any atom is -0.464 e. The Kier molecular flexibility index (Phi) is 4.22. The molecular formula is C8H10ClNO2S2. The van der Waals surface area contributed by atoms with Gasteiger partial charge in [-0.3, -0.25) is 0 Å². The van der Waals surface area contributed by atoms with Crippen LogP contribution in [-0.4, -0.2) is 23.3 Å². The van der Waals surface area contributed by atoms with E-state index in [1.807, 2.05) is 0 Å². The van der Waals surface area contributed by atoms with E-state index in [9.17, 15) is 4.79 Å². The fourth-order valence-corrected chi connectivity index (χ4v) is 3.32. The molecule has 0 radical (unpaired) electrons. The smallest absolute Gasteiger partial charge is 0.359 e. The molecule has 1 heterocycles. The molecule has 1 aromatic rings. The number of nitrogens with zero attached hydrogens (tertiary/aromatic N) is 1. The minimum absolute atomic E-state index is 0.210. The average molecular weight is 252 g/mol. The molecule has 0 spiro atoms. The number of carbonyl (C=O) groups excluding carboxylic acids is 1. The van der Waals surface area contributed by atoms with Crippen molar-refractivity contribution in [1.82, 2.24) is 4.98 Å². The van der Waals surface area contributed by atoms with Crippen molar-refractivity contribution in [3.05, 3.63) is 10.0 Å². The number of hydrogen-bond donors (Lipinski definition) is 0. The fraction of sp³-hybridized carbons (Fsp3) is 0.500. The van der Waals surface area contributed by atoms with E-state index in [4.69, 9.17) is 11.6 Å². The number of thioether (sulfide) groups is 1. The summed E-state index contributed by atoms with van der Waals surface area (Å²) in [7, 11) is 1.31. The molecule has 0 fully saturated rings. The summed E-state index contributed by atoms with van der Waals surface area (Å²) in [6.07, 6.45) is 0. The Labute approximate surface area is 95.8 Å². The second kappa shape index (κ2) is 5.00. The average Bonchev–Trinajstić information content (AvgIpc) is 2.44. The largest absolute Gasteiger partial charge is 0.464 e. The summed E-state index contributed by atoms with van der Waals surface area (Å²) < 4.78 is 5.73. The predicted octanol–water partition coefficient (Wildman–Crippen LogP) is 3.08. The van der Waals surface area contributed by atoms with Gasteiger partial charge in [0.2, 0.25) is 0 Å². The number of halogens is 1. The first kappa shape index (κ1) is 11.8. The zero-order valence-electron chi connectivity index (χ0n) is 8.04. The number of carbonyl (C=O) groups is 1. The van der Waals surface area contributed by atoms with Crippen molar-refractivity contribution in [2.24, 2.45) is 0 Å². The predicted molar refractivity (Wildman–Crippen MR) is 59.5 cm³/mol. The van der Waals surface area contributed by atoms with Crippen molar-refractivity contribution in [3.63, 3.8) is 0 Å². The van der Waals surface area contributed by atoms with E-state index in [1.54, 1.807) is 11.8 Å². The summed E-state index contributed by atoms with van der Waals surface area (Å²) in [6.45, 7) is 4.11. The van der Waals surface area contributed by atoms with E-state index in [2.05, 4.69) is 23.6 Å². The van der Waals surface area contributed by atoms with Crippen LogP contribution in [0.4, 0.5) is 0 Å². The van der Waals surface area contributed by atoms with Crippen LogP contribution in [0, 0.1) is 0 Å². The molecule has 14 heavy (non-hydrogen) atoms. The first-order valence-electron chi connectivity index (χ1n) is 3.96. The Morgan fingerprint density at radius 1 is 1.64 bits per heavy atom. The molecule has 0 aliphatic rings. The molecule has 78 valence electrons. The van der Waals surface area contributed by atoms with Crippen LogP contribution in [-0.2, 0) is 4.74 Å². The van der Waals surface area contributed by atoms with Crippen molar-refractivity contribution < 1.29 is 9.53 Å². The summed E-state index contributed by atoms with van der Waals surface area (Å²) in [6, 6.07) is 0. The van der Waals surface area contributed by atoms with Gasteiger partial charge in [-0.15, -0.1) is 0 Å². The van der Waals surface area contributed by atoms with Crippen LogP contribution >= 0.6 is 34.7 Å². The van der Waals surface area contributed by atoms with Gasteiger partial charge in [-0.25, -0.2) is 9.78 Å². The third-order valence-corrected chi connectivity index (χ3v) is 3.63. The molecule has 0 aromatic carbocycles. The second-order valence-corrected chi connectivity index (χ2v) is 6.19. The SMILES string of the molecule is COC(=O)c1nc(SC(C)C)sc1Cl. The maximum atomic E-state index is 11.2. The first-order valence-corrected chi connectivity index (χ1v) is 6.03. The monoisotopic (exact) mass is 251 g/mol. The normalized spacial score (nSPS) is 10.6. The number of hydrogen-bond acceptors (Lipinski definition) is 5. The minimum atomic E-state index is -0.484. The van der Waals surface area contributed by atoms with Crippen LogP contribution in [0.1, 0.15) is 24.3 Å². The van der Waals surface area contributed by atoms with E-state index >= 15 is 0 Å². The summed E-state index contributed by atoms with van der Waals surface area (Å²) in [4.78, 5) is 15.3. The van der Waals surface area contributed by atoms with E-state index in [0.29, 0.717) is 9.59 Å². The lowest BCUT2D eigenvalue weighted by molar-refractivity contribution is 0.0594. The van der Waals surface area contributed by atoms with Gasteiger partial charge in [-0.1, -0.05) is 48.5 Å². The number of methoxy groups -OCH3 is 1. The van der Waals surface area contributed by atoms with Crippen molar-refractivity contribution in [3.8, 4) is 0 Å². The molecule has 3 nitrogen and oxygen atoms in total. The lowest BCUT2D eigenvalue weighted by Crippen LogP contribution is -2.02. The molecule has 6 heteroatoms. The fourth-order valence-electron chi connectivity index (χ4n) is 0.758. The highest BCUT2D eigenvalue weighted by molar-refractivity contribution is 8.01. The Bertz CT molecular complexity index is 338. The van der Waals surface area contributed by atoms with E-state index in [-0.39, 0.29) is 5.69 Å². The third-order valence-electron chi connectivity index (χ3n) is 1.28. The third kappa shape index (κ3) is 2.87. The highest BCUT2D eigenvalue weighted by Crippen LogP contribution is 2.33. The Hall–Kier alpha value is -0.260. The van der Waals surface area contributed by atoms with Crippen LogP contribution in [0.3, 0.4) is 0 Å². The highest BCUT2D eigenvalue weighted by Gasteiger charge is 2.17. The topological polar surface area (TPSA) is 39.2 Å². The van der Waals surface area contributed by atoms with Gasteiger partial charge in [0.25, 0.3) is 0 Å². The van der Waals surface area contributed by atoms with Gasteiger partial charge in [0.15, 0.2) is 10.0 Å². The van der Waals surface area contributed by atoms with Crippen molar-refractivity contribution in [1.29, 1.82) is 0 Å². The van der Waals surface area contributed by atoms with Gasteiger partial charge >= 0.3 is 5.97 Å². The summed E-state index contributed by atoms with van der Waals surface area (Å²) in [5, 5.41) is 0.419. The summed E-state index contributed by atoms with van der Waals surface area (Å²) >= 11 is 8.72. The maximum absolute atomic E-state index is 11.2. The molecule has 1 aromatic heterocycles. The maximum Gasteiger partial charge on any atom is 0.359 e. The van der Waals surface area contributed by atoms with E-state index in [1.165, 1.54) is 18.4 Å². The van der Waals surface area contributed by atoms with Gasteiger partial charge < -0.3 is 4.74 Å². The number of esters is 1. The van der Waals surface area contributed by atoms with Gasteiger partial charge in [0.05, 0.1) is 7.11 Å². The number of ether oxygens (including phenoxy) is 1. The molecule has 0 atom stereocenters. The quantitative estimate of drug-likeness (QED) is 0.611. The molecule has 0 N–H and O–H groups in total.